The number of aromatic nitrogens is 1. The summed E-state index contributed by atoms with van der Waals surface area (Å²) >= 11 is 9.29. The standard InChI is InChI=1S/C10H6BrClFN/c1-5-9(11)8-4-6(13)2-3-7(8)10(12)14-5/h2-4H,1H3. The zero-order valence-electron chi connectivity index (χ0n) is 7.31. The van der Waals surface area contributed by atoms with Crippen molar-refractivity contribution >= 4 is 38.3 Å². The molecule has 0 N–H and O–H groups in total. The van der Waals surface area contributed by atoms with Crippen LogP contribution in [0.2, 0.25) is 5.15 Å². The fourth-order valence-corrected chi connectivity index (χ4v) is 2.04. The summed E-state index contributed by atoms with van der Waals surface area (Å²) in [5.41, 5.74) is 0.758. The summed E-state index contributed by atoms with van der Waals surface area (Å²) in [6, 6.07) is 4.45. The summed E-state index contributed by atoms with van der Waals surface area (Å²) < 4.78 is 13.8. The molecule has 0 aliphatic rings. The number of rotatable bonds is 0. The van der Waals surface area contributed by atoms with Crippen molar-refractivity contribution in [1.82, 2.24) is 4.98 Å². The Morgan fingerprint density at radius 1 is 1.36 bits per heavy atom. The van der Waals surface area contributed by atoms with Crippen LogP contribution in [0.25, 0.3) is 10.8 Å². The molecule has 0 aliphatic carbocycles. The molecule has 2 aromatic rings. The van der Waals surface area contributed by atoms with Gasteiger partial charge in [0.1, 0.15) is 11.0 Å². The first-order valence-corrected chi connectivity index (χ1v) is 5.17. The Kier molecular flexibility index (Phi) is 2.45. The predicted molar refractivity (Wildman–Crippen MR) is 59.1 cm³/mol. The van der Waals surface area contributed by atoms with Crippen LogP contribution >= 0.6 is 27.5 Å². The first kappa shape index (κ1) is 9.87. The molecule has 4 heteroatoms. The first-order valence-electron chi connectivity index (χ1n) is 4.00. The molecule has 1 aromatic heterocycles. The third kappa shape index (κ3) is 1.51. The normalized spacial score (nSPS) is 10.9. The number of hydrogen-bond donors (Lipinski definition) is 0. The monoisotopic (exact) mass is 273 g/mol. The van der Waals surface area contributed by atoms with Gasteiger partial charge in [-0.3, -0.25) is 0 Å². The molecule has 1 aromatic carbocycles. The van der Waals surface area contributed by atoms with Crippen LogP contribution in [0.1, 0.15) is 5.69 Å². The molecule has 0 unspecified atom stereocenters. The minimum absolute atomic E-state index is 0.278. The van der Waals surface area contributed by atoms with Crippen LogP contribution in [0.3, 0.4) is 0 Å². The molecule has 0 aliphatic heterocycles. The summed E-state index contributed by atoms with van der Waals surface area (Å²) in [4.78, 5) is 4.13. The number of nitrogens with zero attached hydrogens (tertiary/aromatic N) is 1. The minimum atomic E-state index is -0.278. The van der Waals surface area contributed by atoms with Gasteiger partial charge in [0.15, 0.2) is 0 Å². The van der Waals surface area contributed by atoms with Crippen molar-refractivity contribution < 1.29 is 4.39 Å². The maximum absolute atomic E-state index is 13.0. The van der Waals surface area contributed by atoms with Crippen LogP contribution in [0.5, 0.6) is 0 Å². The van der Waals surface area contributed by atoms with E-state index in [2.05, 4.69) is 20.9 Å². The molecule has 0 radical (unpaired) electrons. The Hall–Kier alpha value is -0.670. The second kappa shape index (κ2) is 3.48. The molecule has 0 amide bonds. The molecular weight excluding hydrogens is 268 g/mol. The number of pyridine rings is 1. The van der Waals surface area contributed by atoms with Gasteiger partial charge in [-0.25, -0.2) is 9.37 Å². The largest absolute Gasteiger partial charge is 0.240 e. The van der Waals surface area contributed by atoms with Gasteiger partial charge in [0.05, 0.1) is 5.69 Å². The second-order valence-corrected chi connectivity index (χ2v) is 4.14. The molecule has 1 nitrogen and oxygen atoms in total. The highest BCUT2D eigenvalue weighted by Crippen LogP contribution is 2.30. The van der Waals surface area contributed by atoms with E-state index in [4.69, 9.17) is 11.6 Å². The van der Waals surface area contributed by atoms with Crippen molar-refractivity contribution in [2.45, 2.75) is 6.92 Å². The van der Waals surface area contributed by atoms with Gasteiger partial charge >= 0.3 is 0 Å². The highest BCUT2D eigenvalue weighted by Gasteiger charge is 2.08. The van der Waals surface area contributed by atoms with Crippen molar-refractivity contribution in [2.75, 3.05) is 0 Å². The molecule has 0 saturated heterocycles. The molecule has 0 atom stereocenters. The van der Waals surface area contributed by atoms with Crippen LogP contribution in [0.4, 0.5) is 4.39 Å². The molecule has 0 saturated carbocycles. The maximum atomic E-state index is 13.0. The van der Waals surface area contributed by atoms with Gasteiger partial charge in [-0.1, -0.05) is 11.6 Å². The lowest BCUT2D eigenvalue weighted by atomic mass is 10.1. The number of fused-ring (bicyclic) bond motifs is 1. The summed E-state index contributed by atoms with van der Waals surface area (Å²) in [5.74, 6) is -0.278. The van der Waals surface area contributed by atoms with Gasteiger partial charge in [0.2, 0.25) is 0 Å². The average molecular weight is 275 g/mol. The lowest BCUT2D eigenvalue weighted by Gasteiger charge is -2.05. The zero-order valence-corrected chi connectivity index (χ0v) is 9.66. The fraction of sp³-hybridized carbons (Fsp3) is 0.100. The predicted octanol–water partition coefficient (Wildman–Crippen LogP) is 4.10. The van der Waals surface area contributed by atoms with E-state index in [0.29, 0.717) is 5.15 Å². The Morgan fingerprint density at radius 2 is 2.07 bits per heavy atom. The van der Waals surface area contributed by atoms with E-state index < -0.39 is 0 Å². The van der Waals surface area contributed by atoms with Gasteiger partial charge in [-0.15, -0.1) is 0 Å². The van der Waals surface area contributed by atoms with E-state index in [1.165, 1.54) is 12.1 Å². The average Bonchev–Trinajstić information content (AvgIpc) is 2.14. The van der Waals surface area contributed by atoms with Gasteiger partial charge in [0, 0.05) is 15.2 Å². The molecule has 0 bridgehead atoms. The van der Waals surface area contributed by atoms with Gasteiger partial charge in [-0.05, 0) is 41.1 Å². The van der Waals surface area contributed by atoms with E-state index in [1.54, 1.807) is 6.07 Å². The highest BCUT2D eigenvalue weighted by atomic mass is 79.9. The Balaban J connectivity index is 2.95. The van der Waals surface area contributed by atoms with Crippen molar-refractivity contribution in [3.8, 4) is 0 Å². The Morgan fingerprint density at radius 3 is 2.79 bits per heavy atom. The number of aryl methyl sites for hydroxylation is 1. The van der Waals surface area contributed by atoms with Gasteiger partial charge in [0.25, 0.3) is 0 Å². The Labute approximate surface area is 94.0 Å². The van der Waals surface area contributed by atoms with Crippen molar-refractivity contribution in [3.63, 3.8) is 0 Å². The maximum Gasteiger partial charge on any atom is 0.137 e. The van der Waals surface area contributed by atoms with E-state index >= 15 is 0 Å². The van der Waals surface area contributed by atoms with Crippen LogP contribution in [-0.2, 0) is 0 Å². The van der Waals surface area contributed by atoms with Crippen molar-refractivity contribution in [3.05, 3.63) is 39.3 Å². The van der Waals surface area contributed by atoms with Crippen LogP contribution in [0.15, 0.2) is 22.7 Å². The lowest BCUT2D eigenvalue weighted by molar-refractivity contribution is 0.629. The van der Waals surface area contributed by atoms with E-state index in [9.17, 15) is 4.39 Å². The third-order valence-electron chi connectivity index (χ3n) is 2.02. The second-order valence-electron chi connectivity index (χ2n) is 2.99. The number of hydrogen-bond acceptors (Lipinski definition) is 1. The summed E-state index contributed by atoms with van der Waals surface area (Å²) in [7, 11) is 0. The molecule has 0 fully saturated rings. The SMILES string of the molecule is Cc1nc(Cl)c2ccc(F)cc2c1Br. The molecule has 1 heterocycles. The number of benzene rings is 1. The van der Waals surface area contributed by atoms with Crippen molar-refractivity contribution in [2.24, 2.45) is 0 Å². The topological polar surface area (TPSA) is 12.9 Å². The summed E-state index contributed by atoms with van der Waals surface area (Å²) in [6.45, 7) is 1.82. The van der Waals surface area contributed by atoms with Crippen LogP contribution in [-0.4, -0.2) is 4.98 Å². The van der Waals surface area contributed by atoms with E-state index in [0.717, 1.165) is 20.9 Å². The summed E-state index contributed by atoms with van der Waals surface area (Å²) in [5, 5.41) is 1.91. The molecule has 2 rings (SSSR count). The van der Waals surface area contributed by atoms with Crippen LogP contribution < -0.4 is 0 Å². The lowest BCUT2D eigenvalue weighted by Crippen LogP contribution is -1.88. The molecule has 0 spiro atoms. The van der Waals surface area contributed by atoms with Crippen molar-refractivity contribution in [1.29, 1.82) is 0 Å². The highest BCUT2D eigenvalue weighted by molar-refractivity contribution is 9.10. The van der Waals surface area contributed by atoms with Gasteiger partial charge in [-0.2, -0.15) is 0 Å². The third-order valence-corrected chi connectivity index (χ3v) is 3.31. The fourth-order valence-electron chi connectivity index (χ4n) is 1.33. The number of halogens is 3. The minimum Gasteiger partial charge on any atom is -0.240 e. The van der Waals surface area contributed by atoms with E-state index in [1.807, 2.05) is 6.92 Å². The molecular formula is C10H6BrClFN. The summed E-state index contributed by atoms with van der Waals surface area (Å²) in [6.07, 6.45) is 0. The van der Waals surface area contributed by atoms with E-state index in [-0.39, 0.29) is 5.82 Å². The molecule has 14 heavy (non-hydrogen) atoms. The smallest absolute Gasteiger partial charge is 0.137 e. The first-order chi connectivity index (χ1) is 6.59. The molecule has 72 valence electrons. The Bertz CT molecular complexity index is 513. The van der Waals surface area contributed by atoms with Gasteiger partial charge < -0.3 is 0 Å². The zero-order chi connectivity index (χ0) is 10.3. The van der Waals surface area contributed by atoms with Crippen LogP contribution in [0, 0.1) is 12.7 Å². The quantitative estimate of drug-likeness (QED) is 0.659.